The third kappa shape index (κ3) is 3.59. The smallest absolute Gasteiger partial charge is 0.167 e. The number of nitrogen functional groups attached to an aromatic ring is 1. The molecule has 17 heavy (non-hydrogen) atoms. The van der Waals surface area contributed by atoms with Crippen molar-refractivity contribution in [2.24, 2.45) is 5.41 Å². The summed E-state index contributed by atoms with van der Waals surface area (Å²) in [5, 5.41) is 8.77. The molecule has 0 aliphatic rings. The number of anilines is 1. The number of hydrogen-bond donors (Lipinski definition) is 1. The van der Waals surface area contributed by atoms with Crippen molar-refractivity contribution in [3.8, 4) is 11.8 Å². The van der Waals surface area contributed by atoms with Gasteiger partial charge in [0.1, 0.15) is 5.82 Å². The number of nitrogens with zero attached hydrogens (tertiary/aromatic N) is 1. The van der Waals surface area contributed by atoms with E-state index >= 15 is 0 Å². The van der Waals surface area contributed by atoms with Gasteiger partial charge in [-0.05, 0) is 20.3 Å². The topological polar surface area (TPSA) is 59.0 Å². The van der Waals surface area contributed by atoms with Gasteiger partial charge in [0.05, 0.1) is 23.8 Å². The first-order valence-corrected chi connectivity index (χ1v) is 5.14. The molecule has 0 heterocycles. The predicted octanol–water partition coefficient (Wildman–Crippen LogP) is 2.87. The Bertz CT molecular complexity index is 453. The van der Waals surface area contributed by atoms with E-state index in [9.17, 15) is 8.78 Å². The molecule has 0 aliphatic carbocycles. The van der Waals surface area contributed by atoms with Crippen LogP contribution in [0.4, 0.5) is 14.5 Å². The lowest BCUT2D eigenvalue weighted by Gasteiger charge is -2.15. The van der Waals surface area contributed by atoms with Gasteiger partial charge in [0.15, 0.2) is 11.6 Å². The van der Waals surface area contributed by atoms with Crippen LogP contribution in [0.25, 0.3) is 0 Å². The van der Waals surface area contributed by atoms with E-state index in [1.165, 1.54) is 0 Å². The van der Waals surface area contributed by atoms with E-state index < -0.39 is 17.0 Å². The monoisotopic (exact) mass is 240 g/mol. The van der Waals surface area contributed by atoms with Gasteiger partial charge in [-0.15, -0.1) is 0 Å². The van der Waals surface area contributed by atoms with Crippen LogP contribution in [0.2, 0.25) is 0 Å². The summed E-state index contributed by atoms with van der Waals surface area (Å²) in [6, 6.07) is 3.88. The van der Waals surface area contributed by atoms with Crippen LogP contribution in [0.5, 0.6) is 5.75 Å². The second-order valence-electron chi connectivity index (χ2n) is 4.40. The number of halogens is 2. The van der Waals surface area contributed by atoms with Gasteiger partial charge in [0.25, 0.3) is 0 Å². The molecule has 0 amide bonds. The highest BCUT2D eigenvalue weighted by Crippen LogP contribution is 2.24. The Kier molecular flexibility index (Phi) is 3.89. The summed E-state index contributed by atoms with van der Waals surface area (Å²) in [7, 11) is 0. The minimum atomic E-state index is -0.721. The van der Waals surface area contributed by atoms with Crippen molar-refractivity contribution < 1.29 is 13.5 Å². The van der Waals surface area contributed by atoms with Crippen molar-refractivity contribution in [1.82, 2.24) is 0 Å². The fourth-order valence-electron chi connectivity index (χ4n) is 1.13. The van der Waals surface area contributed by atoms with E-state index in [0.717, 1.165) is 12.1 Å². The van der Waals surface area contributed by atoms with Crippen molar-refractivity contribution in [3.63, 3.8) is 0 Å². The molecule has 0 radical (unpaired) electrons. The maximum absolute atomic E-state index is 13.3. The Morgan fingerprint density at radius 1 is 1.35 bits per heavy atom. The average molecular weight is 240 g/mol. The van der Waals surface area contributed by atoms with Crippen molar-refractivity contribution in [2.45, 2.75) is 20.3 Å². The second-order valence-corrected chi connectivity index (χ2v) is 4.40. The maximum atomic E-state index is 13.3. The molecule has 0 spiro atoms. The van der Waals surface area contributed by atoms with Crippen molar-refractivity contribution in [2.75, 3.05) is 12.3 Å². The van der Waals surface area contributed by atoms with Gasteiger partial charge >= 0.3 is 0 Å². The van der Waals surface area contributed by atoms with Gasteiger partial charge in [-0.3, -0.25) is 0 Å². The lowest BCUT2D eigenvalue weighted by molar-refractivity contribution is 0.253. The minimum Gasteiger partial charge on any atom is -0.490 e. The lowest BCUT2D eigenvalue weighted by atomic mass is 9.92. The van der Waals surface area contributed by atoms with E-state index in [1.54, 1.807) is 13.8 Å². The van der Waals surface area contributed by atoms with Gasteiger partial charge in [0, 0.05) is 12.1 Å². The Labute approximate surface area is 98.8 Å². The summed E-state index contributed by atoms with van der Waals surface area (Å²) < 4.78 is 31.4. The zero-order valence-electron chi connectivity index (χ0n) is 9.76. The first kappa shape index (κ1) is 13.2. The molecule has 0 unspecified atom stereocenters. The molecule has 1 rings (SSSR count). The molecule has 0 saturated heterocycles. The van der Waals surface area contributed by atoms with Crippen LogP contribution in [0.1, 0.15) is 20.3 Å². The van der Waals surface area contributed by atoms with Crippen LogP contribution in [-0.2, 0) is 0 Å². The van der Waals surface area contributed by atoms with Gasteiger partial charge in [-0.25, -0.2) is 8.78 Å². The molecule has 1 aromatic carbocycles. The maximum Gasteiger partial charge on any atom is 0.167 e. The van der Waals surface area contributed by atoms with Gasteiger partial charge in [0.2, 0.25) is 0 Å². The third-order valence-corrected chi connectivity index (χ3v) is 2.34. The first-order chi connectivity index (χ1) is 7.85. The van der Waals surface area contributed by atoms with Crippen molar-refractivity contribution >= 4 is 5.69 Å². The quantitative estimate of drug-likeness (QED) is 0.823. The van der Waals surface area contributed by atoms with Crippen LogP contribution in [0, 0.1) is 28.4 Å². The summed E-state index contributed by atoms with van der Waals surface area (Å²) >= 11 is 0. The third-order valence-electron chi connectivity index (χ3n) is 2.34. The molecule has 0 atom stereocenters. The lowest BCUT2D eigenvalue weighted by Crippen LogP contribution is -2.13. The predicted molar refractivity (Wildman–Crippen MR) is 60.3 cm³/mol. The number of nitriles is 1. The van der Waals surface area contributed by atoms with E-state index in [2.05, 4.69) is 6.07 Å². The molecule has 2 N–H and O–H groups in total. The average Bonchev–Trinajstić information content (AvgIpc) is 2.25. The summed E-state index contributed by atoms with van der Waals surface area (Å²) in [6.07, 6.45) is 0.426. The molecule has 0 bridgehead atoms. The number of hydrogen-bond acceptors (Lipinski definition) is 3. The highest BCUT2D eigenvalue weighted by molar-refractivity contribution is 5.44. The number of ether oxygens (including phenoxy) is 1. The number of rotatable bonds is 4. The molecular weight excluding hydrogens is 226 g/mol. The first-order valence-electron chi connectivity index (χ1n) is 5.14. The van der Waals surface area contributed by atoms with Crippen LogP contribution in [-0.4, -0.2) is 6.61 Å². The molecule has 1 aromatic rings. The molecular formula is C12H14F2N2O. The summed E-state index contributed by atoms with van der Waals surface area (Å²) in [6.45, 7) is 3.63. The SMILES string of the molecule is CC(C)(C#N)CCOc1cc(F)c(N)cc1F. The molecule has 3 nitrogen and oxygen atoms in total. The molecule has 0 aromatic heterocycles. The van der Waals surface area contributed by atoms with E-state index in [-0.39, 0.29) is 18.0 Å². The zero-order chi connectivity index (χ0) is 13.1. The molecule has 92 valence electrons. The Morgan fingerprint density at radius 3 is 2.59 bits per heavy atom. The highest BCUT2D eigenvalue weighted by Gasteiger charge is 2.17. The summed E-state index contributed by atoms with van der Waals surface area (Å²) in [4.78, 5) is 0. The van der Waals surface area contributed by atoms with Gasteiger partial charge in [-0.1, -0.05) is 0 Å². The van der Waals surface area contributed by atoms with E-state index in [4.69, 9.17) is 15.7 Å². The summed E-state index contributed by atoms with van der Waals surface area (Å²) in [5.41, 5.74) is 4.39. The van der Waals surface area contributed by atoms with Crippen LogP contribution < -0.4 is 10.5 Å². The van der Waals surface area contributed by atoms with Crippen LogP contribution in [0.3, 0.4) is 0 Å². The largest absolute Gasteiger partial charge is 0.490 e. The zero-order valence-corrected chi connectivity index (χ0v) is 9.76. The Balaban J connectivity index is 2.65. The Morgan fingerprint density at radius 2 is 2.00 bits per heavy atom. The van der Waals surface area contributed by atoms with Crippen LogP contribution in [0.15, 0.2) is 12.1 Å². The molecule has 0 fully saturated rings. The van der Waals surface area contributed by atoms with E-state index in [1.807, 2.05) is 0 Å². The fourth-order valence-corrected chi connectivity index (χ4v) is 1.13. The minimum absolute atomic E-state index is 0.140. The fraction of sp³-hybridized carbons (Fsp3) is 0.417. The van der Waals surface area contributed by atoms with Gasteiger partial charge in [-0.2, -0.15) is 5.26 Å². The van der Waals surface area contributed by atoms with Crippen molar-refractivity contribution in [1.29, 1.82) is 5.26 Å². The standard InChI is InChI=1S/C12H14F2N2O/c1-12(2,7-15)3-4-17-11-6-8(13)10(16)5-9(11)14/h5-6H,3-4,16H2,1-2H3. The molecule has 0 aliphatic heterocycles. The van der Waals surface area contributed by atoms with Gasteiger partial charge < -0.3 is 10.5 Å². The second kappa shape index (κ2) is 5.00. The van der Waals surface area contributed by atoms with Crippen molar-refractivity contribution in [3.05, 3.63) is 23.8 Å². The molecule has 0 saturated carbocycles. The normalized spacial score (nSPS) is 11.0. The molecule has 5 heteroatoms. The number of benzene rings is 1. The van der Waals surface area contributed by atoms with Crippen LogP contribution >= 0.6 is 0 Å². The Hall–Kier alpha value is -1.83. The number of nitrogens with two attached hydrogens (primary N) is 1. The summed E-state index contributed by atoms with van der Waals surface area (Å²) in [5.74, 6) is -1.62. The highest BCUT2D eigenvalue weighted by atomic mass is 19.1. The van der Waals surface area contributed by atoms with E-state index in [0.29, 0.717) is 6.42 Å².